The standard InChI is InChI=1S/C19H16ClF3N2OS/c1-2-10-16-13(6-5-12-17(16)11(20)8-15(26)24-12)25(9-19(21,22)23)18(10)14-4-3-7-27-14/h3-8,10,18H,2,9H2,1H3,(H,24,26). The quantitative estimate of drug-likeness (QED) is 0.584. The fraction of sp³-hybridized carbons (Fsp3) is 0.316. The van der Waals surface area contributed by atoms with Crippen molar-refractivity contribution in [2.75, 3.05) is 11.4 Å². The molecule has 2 aromatic heterocycles. The number of anilines is 1. The summed E-state index contributed by atoms with van der Waals surface area (Å²) < 4.78 is 40.1. The van der Waals surface area contributed by atoms with Crippen molar-refractivity contribution in [3.05, 3.63) is 61.5 Å². The van der Waals surface area contributed by atoms with E-state index in [9.17, 15) is 18.0 Å². The molecule has 1 N–H and O–H groups in total. The Balaban J connectivity index is 2.00. The van der Waals surface area contributed by atoms with Crippen LogP contribution in [0.5, 0.6) is 0 Å². The molecular weight excluding hydrogens is 397 g/mol. The number of alkyl halides is 3. The van der Waals surface area contributed by atoms with Crippen LogP contribution in [-0.4, -0.2) is 17.7 Å². The van der Waals surface area contributed by atoms with E-state index in [0.29, 0.717) is 23.0 Å². The maximum absolute atomic E-state index is 13.4. The van der Waals surface area contributed by atoms with E-state index in [1.807, 2.05) is 24.4 Å². The predicted octanol–water partition coefficient (Wildman–Crippen LogP) is 5.86. The number of fused-ring (bicyclic) bond motifs is 3. The number of nitrogens with zero attached hydrogens (tertiary/aromatic N) is 1. The van der Waals surface area contributed by atoms with E-state index in [4.69, 9.17) is 11.6 Å². The van der Waals surface area contributed by atoms with Crippen LogP contribution in [0.4, 0.5) is 18.9 Å². The van der Waals surface area contributed by atoms with Crippen molar-refractivity contribution in [2.24, 2.45) is 0 Å². The number of halogens is 4. The molecule has 0 saturated carbocycles. The van der Waals surface area contributed by atoms with Gasteiger partial charge in [-0.15, -0.1) is 11.3 Å². The molecule has 1 aliphatic rings. The average molecular weight is 413 g/mol. The second-order valence-electron chi connectivity index (χ2n) is 6.62. The van der Waals surface area contributed by atoms with Crippen LogP contribution in [0.25, 0.3) is 10.9 Å². The second kappa shape index (κ2) is 6.56. The summed E-state index contributed by atoms with van der Waals surface area (Å²) in [4.78, 5) is 16.8. The number of rotatable bonds is 3. The molecule has 0 saturated heterocycles. The normalized spacial score (nSPS) is 19.7. The molecule has 3 aromatic rings. The zero-order chi connectivity index (χ0) is 19.3. The minimum Gasteiger partial charge on any atom is -0.354 e. The van der Waals surface area contributed by atoms with Gasteiger partial charge in [-0.1, -0.05) is 24.6 Å². The largest absolute Gasteiger partial charge is 0.405 e. The summed E-state index contributed by atoms with van der Waals surface area (Å²) in [6.45, 7) is 0.927. The summed E-state index contributed by atoms with van der Waals surface area (Å²) in [6.07, 6.45) is -3.68. The van der Waals surface area contributed by atoms with Gasteiger partial charge in [0.25, 0.3) is 0 Å². The Hall–Kier alpha value is -1.99. The summed E-state index contributed by atoms with van der Waals surface area (Å²) in [7, 11) is 0. The molecule has 4 rings (SSSR count). The van der Waals surface area contributed by atoms with E-state index >= 15 is 0 Å². The fourth-order valence-corrected chi connectivity index (χ4v) is 5.30. The molecule has 3 heterocycles. The number of H-pyrrole nitrogens is 1. The number of hydrogen-bond donors (Lipinski definition) is 1. The van der Waals surface area contributed by atoms with Gasteiger partial charge >= 0.3 is 6.18 Å². The van der Waals surface area contributed by atoms with E-state index in [1.54, 1.807) is 12.1 Å². The molecule has 8 heteroatoms. The van der Waals surface area contributed by atoms with Crippen LogP contribution in [0.1, 0.15) is 35.7 Å². The Bertz CT molecular complexity index is 1050. The maximum Gasteiger partial charge on any atom is 0.405 e. The van der Waals surface area contributed by atoms with Crippen LogP contribution in [0, 0.1) is 0 Å². The number of pyridine rings is 1. The first kappa shape index (κ1) is 18.4. The molecule has 1 aliphatic heterocycles. The van der Waals surface area contributed by atoms with Crippen LogP contribution < -0.4 is 10.5 Å². The van der Waals surface area contributed by atoms with Crippen molar-refractivity contribution < 1.29 is 13.2 Å². The Morgan fingerprint density at radius 1 is 1.30 bits per heavy atom. The van der Waals surface area contributed by atoms with Crippen LogP contribution in [0.2, 0.25) is 5.02 Å². The fourth-order valence-electron chi connectivity index (χ4n) is 4.09. The van der Waals surface area contributed by atoms with Gasteiger partial charge in [-0.05, 0) is 35.6 Å². The van der Waals surface area contributed by atoms with Gasteiger partial charge in [0, 0.05) is 27.9 Å². The molecule has 142 valence electrons. The van der Waals surface area contributed by atoms with Gasteiger partial charge in [0.05, 0.1) is 16.6 Å². The number of thiophene rings is 1. The number of aromatic nitrogens is 1. The predicted molar refractivity (Wildman–Crippen MR) is 103 cm³/mol. The minimum absolute atomic E-state index is 0.159. The lowest BCUT2D eigenvalue weighted by Crippen LogP contribution is -2.35. The van der Waals surface area contributed by atoms with Gasteiger partial charge in [-0.2, -0.15) is 13.2 Å². The van der Waals surface area contributed by atoms with Gasteiger partial charge in [-0.3, -0.25) is 4.79 Å². The van der Waals surface area contributed by atoms with Crippen molar-refractivity contribution in [2.45, 2.75) is 31.5 Å². The first-order valence-corrected chi connectivity index (χ1v) is 9.78. The molecule has 0 spiro atoms. The van der Waals surface area contributed by atoms with Crippen LogP contribution in [-0.2, 0) is 0 Å². The molecular formula is C19H16ClF3N2OS. The van der Waals surface area contributed by atoms with Crippen molar-refractivity contribution in [1.29, 1.82) is 0 Å². The molecule has 0 bridgehead atoms. The van der Waals surface area contributed by atoms with Gasteiger partial charge in [0.1, 0.15) is 6.54 Å². The second-order valence-corrected chi connectivity index (χ2v) is 8.01. The third kappa shape index (κ3) is 3.12. The Labute approximate surface area is 162 Å². The third-order valence-electron chi connectivity index (χ3n) is 5.00. The van der Waals surface area contributed by atoms with Crippen LogP contribution >= 0.6 is 22.9 Å². The van der Waals surface area contributed by atoms with Gasteiger partial charge < -0.3 is 9.88 Å². The Morgan fingerprint density at radius 2 is 2.07 bits per heavy atom. The lowest BCUT2D eigenvalue weighted by molar-refractivity contribution is -0.120. The zero-order valence-corrected chi connectivity index (χ0v) is 15.9. The van der Waals surface area contributed by atoms with E-state index in [2.05, 4.69) is 4.98 Å². The first-order valence-electron chi connectivity index (χ1n) is 8.52. The highest BCUT2D eigenvalue weighted by Crippen LogP contribution is 2.54. The van der Waals surface area contributed by atoms with E-state index in [-0.39, 0.29) is 16.5 Å². The minimum atomic E-state index is -4.33. The number of aromatic amines is 1. The highest BCUT2D eigenvalue weighted by molar-refractivity contribution is 7.10. The molecule has 2 unspecified atom stereocenters. The molecule has 0 amide bonds. The van der Waals surface area contributed by atoms with E-state index in [1.165, 1.54) is 22.3 Å². The topological polar surface area (TPSA) is 36.1 Å². The van der Waals surface area contributed by atoms with Crippen molar-refractivity contribution >= 4 is 39.5 Å². The number of nitrogens with one attached hydrogen (secondary N) is 1. The summed E-state index contributed by atoms with van der Waals surface area (Å²) in [6, 6.07) is 7.88. The molecule has 0 fully saturated rings. The van der Waals surface area contributed by atoms with Gasteiger partial charge in [-0.25, -0.2) is 0 Å². The lowest BCUT2D eigenvalue weighted by atomic mass is 9.89. The Morgan fingerprint density at radius 3 is 2.70 bits per heavy atom. The van der Waals surface area contributed by atoms with Gasteiger partial charge in [0.2, 0.25) is 5.56 Å². The third-order valence-corrected chi connectivity index (χ3v) is 6.24. The molecule has 0 aliphatic carbocycles. The van der Waals surface area contributed by atoms with Crippen molar-refractivity contribution in [3.63, 3.8) is 0 Å². The lowest BCUT2D eigenvalue weighted by Gasteiger charge is -2.30. The first-order chi connectivity index (χ1) is 12.8. The van der Waals surface area contributed by atoms with Crippen molar-refractivity contribution in [3.8, 4) is 0 Å². The van der Waals surface area contributed by atoms with Crippen LogP contribution in [0.3, 0.4) is 0 Å². The molecule has 0 radical (unpaired) electrons. The molecule has 2 atom stereocenters. The molecule has 27 heavy (non-hydrogen) atoms. The summed E-state index contributed by atoms with van der Waals surface area (Å²) in [5, 5.41) is 2.77. The Kier molecular flexibility index (Phi) is 4.47. The number of hydrogen-bond acceptors (Lipinski definition) is 3. The summed E-state index contributed by atoms with van der Waals surface area (Å²) >= 11 is 7.82. The highest BCUT2D eigenvalue weighted by Gasteiger charge is 2.45. The maximum atomic E-state index is 13.4. The van der Waals surface area contributed by atoms with Gasteiger partial charge in [0.15, 0.2) is 0 Å². The molecule has 1 aromatic carbocycles. The smallest absolute Gasteiger partial charge is 0.354 e. The van der Waals surface area contributed by atoms with Crippen LogP contribution in [0.15, 0.2) is 40.5 Å². The summed E-state index contributed by atoms with van der Waals surface area (Å²) in [5.74, 6) is -0.159. The SMILES string of the molecule is CCC1c2c(ccc3[nH]c(=O)cc(Cl)c23)N(CC(F)(F)F)C1c1cccs1. The van der Waals surface area contributed by atoms with E-state index < -0.39 is 18.8 Å². The monoisotopic (exact) mass is 412 g/mol. The van der Waals surface area contributed by atoms with E-state index in [0.717, 1.165) is 10.4 Å². The zero-order valence-electron chi connectivity index (χ0n) is 14.3. The van der Waals surface area contributed by atoms with Crippen molar-refractivity contribution in [1.82, 2.24) is 4.98 Å². The highest BCUT2D eigenvalue weighted by atomic mass is 35.5. The summed E-state index contributed by atoms with van der Waals surface area (Å²) in [5.41, 5.74) is 1.52. The number of benzene rings is 1. The molecule has 3 nitrogen and oxygen atoms in total. The average Bonchev–Trinajstić information content (AvgIpc) is 3.18.